The molecule has 0 spiro atoms. The third-order valence-corrected chi connectivity index (χ3v) is 3.54. The van der Waals surface area contributed by atoms with E-state index in [1.165, 1.54) is 10.2 Å². The van der Waals surface area contributed by atoms with Crippen molar-refractivity contribution in [3.05, 3.63) is 46.9 Å². The normalized spacial score (nSPS) is 10.7. The zero-order valence-electron chi connectivity index (χ0n) is 14.6. The van der Waals surface area contributed by atoms with E-state index in [2.05, 4.69) is 19.8 Å². The maximum absolute atomic E-state index is 11.0. The van der Waals surface area contributed by atoms with E-state index < -0.39 is 16.5 Å². The van der Waals surface area contributed by atoms with Crippen LogP contribution in [0.25, 0.3) is 0 Å². The number of hydrogen-bond donors (Lipinski definition) is 1. The summed E-state index contributed by atoms with van der Waals surface area (Å²) in [7, 11) is -1.09. The van der Waals surface area contributed by atoms with Crippen LogP contribution in [0.5, 0.6) is 5.75 Å². The number of para-hydroxylation sites is 1. The number of hydrogen-bond acceptors (Lipinski definition) is 6. The van der Waals surface area contributed by atoms with Crippen molar-refractivity contribution in [2.24, 2.45) is 11.4 Å². The lowest BCUT2D eigenvalue weighted by Gasteiger charge is -2.00. The second-order valence-corrected chi connectivity index (χ2v) is 6.35. The van der Waals surface area contributed by atoms with Crippen LogP contribution in [-0.2, 0) is 17.5 Å². The van der Waals surface area contributed by atoms with Crippen LogP contribution in [0.3, 0.4) is 0 Å². The number of ether oxygens (including phenoxy) is 1. The van der Waals surface area contributed by atoms with Gasteiger partial charge in [-0.25, -0.2) is 4.79 Å². The van der Waals surface area contributed by atoms with E-state index in [0.29, 0.717) is 11.6 Å². The minimum Gasteiger partial charge on any atom is -0.444 e. The molecule has 146 valence electrons. The first-order chi connectivity index (χ1) is 12.7. The van der Waals surface area contributed by atoms with E-state index in [0.717, 1.165) is 0 Å². The number of anilines is 1. The second kappa shape index (κ2) is 11.3. The fourth-order valence-electron chi connectivity index (χ4n) is 1.76. The van der Waals surface area contributed by atoms with E-state index >= 15 is 0 Å². The molecule has 2 amide bonds. The van der Waals surface area contributed by atoms with Gasteiger partial charge in [0.05, 0.1) is 5.54 Å². The number of urea groups is 1. The largest absolute Gasteiger partial charge is 0.444 e. The highest BCUT2D eigenvalue weighted by atomic mass is 35.5. The molecule has 1 heterocycles. The molecule has 2 rings (SSSR count). The molecule has 0 unspecified atom stereocenters. The Labute approximate surface area is 167 Å². The summed E-state index contributed by atoms with van der Waals surface area (Å²) in [6.07, 6.45) is 0. The van der Waals surface area contributed by atoms with Gasteiger partial charge in [0.15, 0.2) is 0 Å². The predicted octanol–water partition coefficient (Wildman–Crippen LogP) is 3.88. The van der Waals surface area contributed by atoms with Crippen molar-refractivity contribution in [3.63, 3.8) is 0 Å². The minimum absolute atomic E-state index is 0.0328. The molecule has 12 heteroatoms. The first kappa shape index (κ1) is 22.6. The SMILES string of the molecule is CC(C)c1nc(NC(=O)N=S(=O)=O)nn1C.ClC=C(Cl)Oc1ccccc1. The molecule has 0 radical (unpaired) electrons. The van der Waals surface area contributed by atoms with Gasteiger partial charge in [0.2, 0.25) is 5.22 Å². The van der Waals surface area contributed by atoms with Crippen molar-refractivity contribution in [1.29, 1.82) is 0 Å². The molecule has 0 bridgehead atoms. The molecule has 0 saturated carbocycles. The van der Waals surface area contributed by atoms with Crippen LogP contribution in [-0.4, -0.2) is 29.2 Å². The predicted molar refractivity (Wildman–Crippen MR) is 102 cm³/mol. The van der Waals surface area contributed by atoms with Gasteiger partial charge in [-0.2, -0.15) is 13.4 Å². The summed E-state index contributed by atoms with van der Waals surface area (Å²) >= 11 is 10.8. The summed E-state index contributed by atoms with van der Waals surface area (Å²) in [5.74, 6) is 1.53. The number of nitrogens with zero attached hydrogens (tertiary/aromatic N) is 4. The average Bonchev–Trinajstić information content (AvgIpc) is 2.96. The average molecular weight is 434 g/mol. The molecule has 9 nitrogen and oxygen atoms in total. The van der Waals surface area contributed by atoms with E-state index in [1.54, 1.807) is 19.2 Å². The molecule has 1 aromatic heterocycles. The summed E-state index contributed by atoms with van der Waals surface area (Å²) in [6, 6.07) is 8.17. The Hall–Kier alpha value is -2.43. The number of carbonyl (C=O) groups excluding carboxylic acids is 1. The van der Waals surface area contributed by atoms with Crippen molar-refractivity contribution < 1.29 is 17.9 Å². The molecule has 1 aromatic carbocycles. The van der Waals surface area contributed by atoms with E-state index in [4.69, 9.17) is 27.9 Å². The lowest BCUT2D eigenvalue weighted by molar-refractivity contribution is 0.259. The maximum Gasteiger partial charge on any atom is 0.362 e. The molecule has 0 aliphatic carbocycles. The standard InChI is InChI=1S/C8H6Cl2O.C7H11N5O3S/c9-6-8(10)11-7-4-2-1-3-5-7;1-4(2)5-8-6(10-12(5)3)9-7(13)11-16(14)15/h1-6H;4H,1-3H3,(H,9,10,13). The molecule has 27 heavy (non-hydrogen) atoms. The van der Waals surface area contributed by atoms with Crippen LogP contribution in [0, 0.1) is 0 Å². The van der Waals surface area contributed by atoms with Gasteiger partial charge in [0.25, 0.3) is 5.95 Å². The summed E-state index contributed by atoms with van der Waals surface area (Å²) in [4.78, 5) is 15.0. The Kier molecular flexibility index (Phi) is 9.48. The molecular weight excluding hydrogens is 417 g/mol. The van der Waals surface area contributed by atoms with Crippen LogP contribution < -0.4 is 10.1 Å². The van der Waals surface area contributed by atoms with Crippen molar-refractivity contribution in [2.45, 2.75) is 19.8 Å². The second-order valence-electron chi connectivity index (χ2n) is 5.14. The Balaban J connectivity index is 0.000000289. The van der Waals surface area contributed by atoms with Gasteiger partial charge in [-0.1, -0.05) is 48.0 Å². The Bertz CT molecular complexity index is 919. The van der Waals surface area contributed by atoms with Crippen molar-refractivity contribution in [3.8, 4) is 5.75 Å². The number of nitrogens with one attached hydrogen (secondary N) is 1. The van der Waals surface area contributed by atoms with Crippen molar-refractivity contribution in [1.82, 2.24) is 14.8 Å². The van der Waals surface area contributed by atoms with Crippen molar-refractivity contribution >= 4 is 45.7 Å². The van der Waals surface area contributed by atoms with Crippen LogP contribution in [0.2, 0.25) is 0 Å². The third kappa shape index (κ3) is 8.67. The lowest BCUT2D eigenvalue weighted by Crippen LogP contribution is -2.07. The molecular formula is C15H17Cl2N5O4S. The fourth-order valence-corrected chi connectivity index (χ4v) is 2.08. The van der Waals surface area contributed by atoms with Crippen molar-refractivity contribution in [2.75, 3.05) is 5.32 Å². The number of aryl methyl sites for hydroxylation is 1. The zero-order chi connectivity index (χ0) is 20.4. The smallest absolute Gasteiger partial charge is 0.362 e. The number of aromatic nitrogens is 3. The first-order valence-electron chi connectivity index (χ1n) is 7.44. The topological polar surface area (TPSA) is 116 Å². The van der Waals surface area contributed by atoms with Gasteiger partial charge >= 0.3 is 16.5 Å². The monoisotopic (exact) mass is 433 g/mol. The zero-order valence-corrected chi connectivity index (χ0v) is 17.0. The number of halogens is 2. The fraction of sp³-hybridized carbons (Fsp3) is 0.267. The summed E-state index contributed by atoms with van der Waals surface area (Å²) in [5, 5.41) is 6.20. The molecule has 0 aliphatic heterocycles. The lowest BCUT2D eigenvalue weighted by atomic mass is 10.2. The van der Waals surface area contributed by atoms with Gasteiger partial charge in [-0.15, -0.1) is 5.10 Å². The molecule has 2 aromatic rings. The minimum atomic E-state index is -2.78. The molecule has 0 aliphatic rings. The van der Waals surface area contributed by atoms with Gasteiger partial charge in [-0.05, 0) is 23.7 Å². The highest BCUT2D eigenvalue weighted by Gasteiger charge is 2.12. The maximum atomic E-state index is 11.0. The van der Waals surface area contributed by atoms with Crippen LogP contribution in [0.1, 0.15) is 25.6 Å². The van der Waals surface area contributed by atoms with Gasteiger partial charge < -0.3 is 4.74 Å². The first-order valence-corrected chi connectivity index (χ1v) is 9.29. The summed E-state index contributed by atoms with van der Waals surface area (Å²) in [6.45, 7) is 3.85. The Morgan fingerprint density at radius 2 is 1.96 bits per heavy atom. The van der Waals surface area contributed by atoms with Gasteiger partial charge in [0.1, 0.15) is 11.6 Å². The number of rotatable bonds is 4. The molecule has 0 saturated heterocycles. The van der Waals surface area contributed by atoms with E-state index in [-0.39, 0.29) is 17.1 Å². The van der Waals surface area contributed by atoms with Crippen LogP contribution in [0.4, 0.5) is 10.7 Å². The number of benzene rings is 1. The molecule has 1 N–H and O–H groups in total. The summed E-state index contributed by atoms with van der Waals surface area (Å²) < 4.78 is 29.5. The van der Waals surface area contributed by atoms with Gasteiger partial charge in [0, 0.05) is 13.0 Å². The third-order valence-electron chi connectivity index (χ3n) is 2.73. The highest BCUT2D eigenvalue weighted by Crippen LogP contribution is 2.15. The summed E-state index contributed by atoms with van der Waals surface area (Å²) in [5.41, 5.74) is 1.18. The van der Waals surface area contributed by atoms with E-state index in [1.807, 2.05) is 32.0 Å². The molecule has 0 atom stereocenters. The number of carbonyl (C=O) groups is 1. The van der Waals surface area contributed by atoms with Gasteiger partial charge in [-0.3, -0.25) is 10.00 Å². The highest BCUT2D eigenvalue weighted by molar-refractivity contribution is 7.62. The van der Waals surface area contributed by atoms with E-state index in [9.17, 15) is 13.2 Å². The number of amides is 2. The Morgan fingerprint density at radius 1 is 1.33 bits per heavy atom. The quantitative estimate of drug-likeness (QED) is 0.731. The van der Waals surface area contributed by atoms with Crippen LogP contribution in [0.15, 0.2) is 45.4 Å². The van der Waals surface area contributed by atoms with Crippen LogP contribution >= 0.6 is 23.2 Å². The molecule has 0 fully saturated rings. The Morgan fingerprint density at radius 3 is 2.44 bits per heavy atom.